The number of nitrogen functional groups attached to an aromatic ring is 1. The lowest BCUT2D eigenvalue weighted by molar-refractivity contribution is 0.100. The number of H-pyrrole nitrogens is 1. The highest BCUT2D eigenvalue weighted by Gasteiger charge is 2.08. The van der Waals surface area contributed by atoms with E-state index in [0.717, 1.165) is 0 Å². The number of nitrogens with two attached hydrogens (primary N) is 2. The molecule has 18 heavy (non-hydrogen) atoms. The smallest absolute Gasteiger partial charge is 0.251 e. The molecular formula is C11H10N4O2S. The van der Waals surface area contributed by atoms with Crippen LogP contribution in [0.5, 0.6) is 0 Å². The van der Waals surface area contributed by atoms with Crippen LogP contribution in [0.1, 0.15) is 10.4 Å². The molecule has 7 heteroatoms. The predicted molar refractivity (Wildman–Crippen MR) is 68.4 cm³/mol. The van der Waals surface area contributed by atoms with Crippen molar-refractivity contribution in [2.45, 2.75) is 10.1 Å². The Labute approximate surface area is 106 Å². The van der Waals surface area contributed by atoms with Crippen LogP contribution in [0.25, 0.3) is 0 Å². The van der Waals surface area contributed by atoms with Crippen molar-refractivity contribution in [3.8, 4) is 0 Å². The summed E-state index contributed by atoms with van der Waals surface area (Å²) >= 11 is 1.21. The topological polar surface area (TPSA) is 115 Å². The summed E-state index contributed by atoms with van der Waals surface area (Å²) in [6, 6.07) is 6.19. The van der Waals surface area contributed by atoms with Gasteiger partial charge >= 0.3 is 0 Å². The Balaban J connectivity index is 2.33. The number of primary amides is 1. The molecule has 2 rings (SSSR count). The molecule has 1 heterocycles. The Kier molecular flexibility index (Phi) is 3.33. The summed E-state index contributed by atoms with van der Waals surface area (Å²) in [5.74, 6) is -0.593. The van der Waals surface area contributed by atoms with E-state index in [1.54, 1.807) is 18.2 Å². The first-order valence-corrected chi connectivity index (χ1v) is 5.80. The number of hydrogen-bond acceptors (Lipinski definition) is 5. The highest BCUT2D eigenvalue weighted by atomic mass is 32.2. The van der Waals surface area contributed by atoms with Crippen LogP contribution < -0.4 is 17.0 Å². The van der Waals surface area contributed by atoms with Gasteiger partial charge in [0.15, 0.2) is 5.16 Å². The molecule has 92 valence electrons. The second kappa shape index (κ2) is 4.92. The Morgan fingerprint density at radius 1 is 1.33 bits per heavy atom. The summed E-state index contributed by atoms with van der Waals surface area (Å²) in [7, 11) is 0. The molecule has 1 amide bonds. The Morgan fingerprint density at radius 2 is 2.11 bits per heavy atom. The number of carbonyl (C=O) groups is 1. The predicted octanol–water partition coefficient (Wildman–Crippen LogP) is 0.602. The van der Waals surface area contributed by atoms with Crippen molar-refractivity contribution >= 4 is 23.4 Å². The average Bonchev–Trinajstić information content (AvgIpc) is 2.31. The molecular weight excluding hydrogens is 252 g/mol. The first kappa shape index (κ1) is 12.2. The Morgan fingerprint density at radius 3 is 2.78 bits per heavy atom. The van der Waals surface area contributed by atoms with Crippen LogP contribution in [0.3, 0.4) is 0 Å². The van der Waals surface area contributed by atoms with Crippen molar-refractivity contribution in [1.29, 1.82) is 0 Å². The molecule has 0 fully saturated rings. The molecule has 0 radical (unpaired) electrons. The monoisotopic (exact) mass is 262 g/mol. The Bertz CT molecular complexity index is 653. The number of nitrogens with zero attached hydrogens (tertiary/aromatic N) is 1. The number of rotatable bonds is 3. The van der Waals surface area contributed by atoms with Crippen LogP contribution in [0.15, 0.2) is 45.3 Å². The molecule has 0 atom stereocenters. The lowest BCUT2D eigenvalue weighted by atomic mass is 10.2. The second-order valence-corrected chi connectivity index (χ2v) is 4.52. The van der Waals surface area contributed by atoms with E-state index in [1.165, 1.54) is 24.0 Å². The summed E-state index contributed by atoms with van der Waals surface area (Å²) in [5.41, 5.74) is 11.2. The molecule has 0 unspecified atom stereocenters. The molecule has 6 nitrogen and oxygen atoms in total. The maximum absolute atomic E-state index is 11.1. The molecule has 0 aliphatic rings. The molecule has 0 aliphatic heterocycles. The van der Waals surface area contributed by atoms with Gasteiger partial charge in [-0.05, 0) is 18.2 Å². The third-order valence-corrected chi connectivity index (χ3v) is 3.04. The normalized spacial score (nSPS) is 10.2. The van der Waals surface area contributed by atoms with Crippen molar-refractivity contribution < 1.29 is 4.79 Å². The lowest BCUT2D eigenvalue weighted by Gasteiger charge is -2.05. The van der Waals surface area contributed by atoms with Gasteiger partial charge in [0, 0.05) is 22.8 Å². The van der Waals surface area contributed by atoms with Crippen molar-refractivity contribution in [3.05, 3.63) is 46.4 Å². The highest BCUT2D eigenvalue weighted by molar-refractivity contribution is 7.99. The quantitative estimate of drug-likeness (QED) is 0.553. The molecule has 1 aromatic heterocycles. The minimum Gasteiger partial charge on any atom is -0.398 e. The number of carbonyl (C=O) groups excluding carboxylic acids is 1. The zero-order valence-corrected chi connectivity index (χ0v) is 10.0. The largest absolute Gasteiger partial charge is 0.398 e. The van der Waals surface area contributed by atoms with Gasteiger partial charge in [-0.2, -0.15) is 0 Å². The molecule has 0 saturated carbocycles. The van der Waals surface area contributed by atoms with Gasteiger partial charge in [-0.15, -0.1) is 0 Å². The molecule has 1 aromatic carbocycles. The fraction of sp³-hybridized carbons (Fsp3) is 0. The van der Waals surface area contributed by atoms with Gasteiger partial charge in [0.05, 0.1) is 5.56 Å². The number of aromatic amines is 1. The fourth-order valence-electron chi connectivity index (χ4n) is 1.33. The van der Waals surface area contributed by atoms with Gasteiger partial charge in [-0.3, -0.25) is 9.59 Å². The number of aromatic nitrogens is 2. The number of hydrogen-bond donors (Lipinski definition) is 3. The van der Waals surface area contributed by atoms with Gasteiger partial charge in [0.25, 0.3) is 11.5 Å². The standard InChI is InChI=1S/C11H10N4O2S/c12-8-2-1-6(5-7(8)10(13)17)18-11-14-4-3-9(16)15-11/h1-5H,12H2,(H2,13,17)(H,14,15,16). The van der Waals surface area contributed by atoms with Crippen LogP contribution in [0, 0.1) is 0 Å². The number of amides is 1. The first-order chi connectivity index (χ1) is 8.56. The first-order valence-electron chi connectivity index (χ1n) is 4.99. The molecule has 2 aromatic rings. The third kappa shape index (κ3) is 2.69. The van der Waals surface area contributed by atoms with E-state index < -0.39 is 5.91 Å². The van der Waals surface area contributed by atoms with E-state index in [4.69, 9.17) is 11.5 Å². The van der Waals surface area contributed by atoms with Gasteiger partial charge in [0.1, 0.15) is 0 Å². The van der Waals surface area contributed by atoms with Crippen molar-refractivity contribution in [3.63, 3.8) is 0 Å². The van der Waals surface area contributed by atoms with E-state index in [2.05, 4.69) is 9.97 Å². The second-order valence-electron chi connectivity index (χ2n) is 3.45. The van der Waals surface area contributed by atoms with Gasteiger partial charge < -0.3 is 16.5 Å². The molecule has 0 spiro atoms. The van der Waals surface area contributed by atoms with E-state index in [1.807, 2.05) is 0 Å². The summed E-state index contributed by atoms with van der Waals surface area (Å²) < 4.78 is 0. The Hall–Kier alpha value is -2.28. The summed E-state index contributed by atoms with van der Waals surface area (Å²) in [6.45, 7) is 0. The van der Waals surface area contributed by atoms with E-state index in [0.29, 0.717) is 15.7 Å². The van der Waals surface area contributed by atoms with Crippen LogP contribution >= 0.6 is 11.8 Å². The summed E-state index contributed by atoms with van der Waals surface area (Å²) in [5, 5.41) is 0.433. The minimum absolute atomic E-state index is 0.238. The molecule has 0 aliphatic carbocycles. The zero-order valence-electron chi connectivity index (χ0n) is 9.21. The zero-order chi connectivity index (χ0) is 13.1. The van der Waals surface area contributed by atoms with E-state index in [-0.39, 0.29) is 11.1 Å². The van der Waals surface area contributed by atoms with Crippen molar-refractivity contribution in [2.24, 2.45) is 5.73 Å². The number of anilines is 1. The maximum atomic E-state index is 11.1. The summed E-state index contributed by atoms with van der Waals surface area (Å²) in [4.78, 5) is 29.5. The number of nitrogens with one attached hydrogen (secondary N) is 1. The molecule has 0 saturated heterocycles. The third-order valence-electron chi connectivity index (χ3n) is 2.15. The van der Waals surface area contributed by atoms with Crippen LogP contribution in [-0.4, -0.2) is 15.9 Å². The van der Waals surface area contributed by atoms with E-state index >= 15 is 0 Å². The SMILES string of the molecule is NC(=O)c1cc(Sc2nccc(=O)[nH]2)ccc1N. The van der Waals surface area contributed by atoms with Crippen molar-refractivity contribution in [2.75, 3.05) is 5.73 Å². The van der Waals surface area contributed by atoms with Crippen molar-refractivity contribution in [1.82, 2.24) is 9.97 Å². The van der Waals surface area contributed by atoms with Gasteiger partial charge in [-0.25, -0.2) is 4.98 Å². The molecule has 5 N–H and O–H groups in total. The highest BCUT2D eigenvalue weighted by Crippen LogP contribution is 2.26. The van der Waals surface area contributed by atoms with Gasteiger partial charge in [-0.1, -0.05) is 11.8 Å². The fourth-order valence-corrected chi connectivity index (χ4v) is 2.13. The maximum Gasteiger partial charge on any atom is 0.251 e. The average molecular weight is 262 g/mol. The number of benzene rings is 1. The van der Waals surface area contributed by atoms with Gasteiger partial charge in [0.2, 0.25) is 0 Å². The minimum atomic E-state index is -0.593. The van der Waals surface area contributed by atoms with E-state index in [9.17, 15) is 9.59 Å². The van der Waals surface area contributed by atoms with Crippen LogP contribution in [-0.2, 0) is 0 Å². The van der Waals surface area contributed by atoms with Crippen LogP contribution in [0.4, 0.5) is 5.69 Å². The van der Waals surface area contributed by atoms with Crippen LogP contribution in [0.2, 0.25) is 0 Å². The summed E-state index contributed by atoms with van der Waals surface area (Å²) in [6.07, 6.45) is 1.41. The molecule has 0 bridgehead atoms. The lowest BCUT2D eigenvalue weighted by Crippen LogP contribution is -2.13.